The second-order valence-corrected chi connectivity index (χ2v) is 7.32. The molecule has 0 aliphatic heterocycles. The number of furan rings is 1. The molecule has 1 aromatic rings. The van der Waals surface area contributed by atoms with Gasteiger partial charge in [-0.05, 0) is 12.1 Å². The normalized spacial score (nSPS) is 12.8. The first-order chi connectivity index (χ1) is 7.68. The van der Waals surface area contributed by atoms with E-state index < -0.39 is 19.9 Å². The van der Waals surface area contributed by atoms with Gasteiger partial charge in [-0.25, -0.2) is 22.0 Å². The van der Waals surface area contributed by atoms with Crippen LogP contribution in [0.5, 0.6) is 0 Å². The molecule has 1 rings (SSSR count). The van der Waals surface area contributed by atoms with Crippen molar-refractivity contribution in [2.24, 2.45) is 5.14 Å². The summed E-state index contributed by atoms with van der Waals surface area (Å²) in [6.45, 7) is 0.509. The lowest BCUT2D eigenvalue weighted by molar-refractivity contribution is 0.404. The van der Waals surface area contributed by atoms with E-state index in [2.05, 4.69) is 5.32 Å². The minimum atomic E-state index is -3.83. The second-order valence-electron chi connectivity index (χ2n) is 3.57. The van der Waals surface area contributed by atoms with Gasteiger partial charge in [0.2, 0.25) is 5.09 Å². The van der Waals surface area contributed by atoms with Crippen LogP contribution in [0.25, 0.3) is 0 Å². The molecule has 98 valence electrons. The van der Waals surface area contributed by atoms with Gasteiger partial charge < -0.3 is 9.73 Å². The molecule has 0 aliphatic rings. The van der Waals surface area contributed by atoms with Crippen molar-refractivity contribution in [1.82, 2.24) is 5.32 Å². The van der Waals surface area contributed by atoms with Crippen LogP contribution < -0.4 is 10.5 Å². The smallest absolute Gasteiger partial charge is 0.271 e. The highest BCUT2D eigenvalue weighted by atomic mass is 32.2. The molecule has 1 heterocycles. The summed E-state index contributed by atoms with van der Waals surface area (Å²) in [7, 11) is -6.83. The van der Waals surface area contributed by atoms with Crippen molar-refractivity contribution < 1.29 is 21.3 Å². The standard InChI is InChI=1S/C8H14N2O5S2/c1-16(11,12)5-4-10-6-7-2-3-8(15-7)17(9,13)14/h2-3,10H,4-6H2,1H3,(H2,9,13,14). The van der Waals surface area contributed by atoms with Crippen LogP contribution in [0, 0.1) is 0 Å². The Morgan fingerprint density at radius 3 is 2.41 bits per heavy atom. The summed E-state index contributed by atoms with van der Waals surface area (Å²) < 4.78 is 48.4. The zero-order chi connectivity index (χ0) is 13.1. The van der Waals surface area contributed by atoms with Crippen molar-refractivity contribution in [2.45, 2.75) is 11.6 Å². The number of nitrogens with one attached hydrogen (secondary N) is 1. The van der Waals surface area contributed by atoms with Crippen LogP contribution in [-0.4, -0.2) is 35.4 Å². The zero-order valence-electron chi connectivity index (χ0n) is 9.21. The fourth-order valence-electron chi connectivity index (χ4n) is 1.08. The summed E-state index contributed by atoms with van der Waals surface area (Å²) in [6, 6.07) is 2.72. The first kappa shape index (κ1) is 14.2. The van der Waals surface area contributed by atoms with Gasteiger partial charge in [0.15, 0.2) is 0 Å². The first-order valence-electron chi connectivity index (χ1n) is 4.68. The van der Waals surface area contributed by atoms with Gasteiger partial charge in [-0.15, -0.1) is 0 Å². The SMILES string of the molecule is CS(=O)(=O)CCNCc1ccc(S(N)(=O)=O)o1. The van der Waals surface area contributed by atoms with Crippen LogP contribution >= 0.6 is 0 Å². The van der Waals surface area contributed by atoms with Crippen molar-refractivity contribution in [3.05, 3.63) is 17.9 Å². The Kier molecular flexibility index (Phi) is 4.31. The lowest BCUT2D eigenvalue weighted by Crippen LogP contribution is -2.21. The third-order valence-corrected chi connectivity index (χ3v) is 3.59. The van der Waals surface area contributed by atoms with Gasteiger partial charge in [0.1, 0.15) is 15.6 Å². The van der Waals surface area contributed by atoms with E-state index in [9.17, 15) is 16.8 Å². The van der Waals surface area contributed by atoms with Gasteiger partial charge in [0.05, 0.1) is 12.3 Å². The average Bonchev–Trinajstić information content (AvgIpc) is 2.58. The zero-order valence-corrected chi connectivity index (χ0v) is 10.8. The Labute approximate surface area is 100.0 Å². The van der Waals surface area contributed by atoms with Crippen LogP contribution in [0.3, 0.4) is 0 Å². The monoisotopic (exact) mass is 282 g/mol. The van der Waals surface area contributed by atoms with Crippen molar-refractivity contribution in [3.63, 3.8) is 0 Å². The molecule has 7 nitrogen and oxygen atoms in total. The van der Waals surface area contributed by atoms with Gasteiger partial charge in [0.25, 0.3) is 10.0 Å². The van der Waals surface area contributed by atoms with E-state index in [4.69, 9.17) is 9.56 Å². The van der Waals surface area contributed by atoms with Gasteiger partial charge in [-0.3, -0.25) is 0 Å². The number of sulfone groups is 1. The molecule has 0 saturated heterocycles. The molecule has 0 aliphatic carbocycles. The van der Waals surface area contributed by atoms with E-state index in [0.29, 0.717) is 5.76 Å². The Bertz CT molecular complexity index is 573. The molecular weight excluding hydrogens is 268 g/mol. The van der Waals surface area contributed by atoms with Gasteiger partial charge in [0, 0.05) is 12.8 Å². The molecular formula is C8H14N2O5S2. The number of hydrogen-bond acceptors (Lipinski definition) is 6. The Hall–Kier alpha value is -0.900. The molecule has 0 unspecified atom stereocenters. The number of hydrogen-bond donors (Lipinski definition) is 2. The summed E-state index contributed by atoms with van der Waals surface area (Å²) in [5.74, 6) is 0.387. The number of sulfonamides is 1. The van der Waals surface area contributed by atoms with E-state index in [-0.39, 0.29) is 23.9 Å². The van der Waals surface area contributed by atoms with Crippen LogP contribution in [0.2, 0.25) is 0 Å². The van der Waals surface area contributed by atoms with Gasteiger partial charge >= 0.3 is 0 Å². The second kappa shape index (κ2) is 5.17. The van der Waals surface area contributed by atoms with E-state index in [1.165, 1.54) is 12.1 Å². The fraction of sp³-hybridized carbons (Fsp3) is 0.500. The predicted molar refractivity (Wildman–Crippen MR) is 61.5 cm³/mol. The van der Waals surface area contributed by atoms with Gasteiger partial charge in [-0.1, -0.05) is 0 Å². The molecule has 0 atom stereocenters. The molecule has 0 amide bonds. The molecule has 0 radical (unpaired) electrons. The maximum Gasteiger partial charge on any atom is 0.271 e. The topological polar surface area (TPSA) is 119 Å². The molecule has 0 fully saturated rings. The summed E-state index contributed by atoms with van der Waals surface area (Å²) in [5, 5.41) is 7.37. The lowest BCUT2D eigenvalue weighted by atomic mass is 10.4. The van der Waals surface area contributed by atoms with Crippen LogP contribution in [0.4, 0.5) is 0 Å². The summed E-state index contributed by atoms with van der Waals surface area (Å²) in [6.07, 6.45) is 1.14. The van der Waals surface area contributed by atoms with Crippen molar-refractivity contribution in [3.8, 4) is 0 Å². The van der Waals surface area contributed by atoms with E-state index >= 15 is 0 Å². The lowest BCUT2D eigenvalue weighted by Gasteiger charge is -2.00. The first-order valence-corrected chi connectivity index (χ1v) is 8.29. The third-order valence-electron chi connectivity index (χ3n) is 1.87. The maximum absolute atomic E-state index is 10.9. The molecule has 0 aromatic carbocycles. The summed E-state index contributed by atoms with van der Waals surface area (Å²) >= 11 is 0. The molecule has 9 heteroatoms. The van der Waals surface area contributed by atoms with Crippen molar-refractivity contribution >= 4 is 19.9 Å². The largest absolute Gasteiger partial charge is 0.447 e. The van der Waals surface area contributed by atoms with Crippen molar-refractivity contribution in [1.29, 1.82) is 0 Å². The molecule has 0 bridgehead atoms. The quantitative estimate of drug-likeness (QED) is 0.650. The van der Waals surface area contributed by atoms with Crippen LogP contribution in [0.1, 0.15) is 5.76 Å². The van der Waals surface area contributed by atoms with E-state index in [0.717, 1.165) is 6.26 Å². The molecule has 3 N–H and O–H groups in total. The predicted octanol–water partition coefficient (Wildman–Crippen LogP) is -0.939. The van der Waals surface area contributed by atoms with E-state index in [1.54, 1.807) is 0 Å². The highest BCUT2D eigenvalue weighted by Gasteiger charge is 2.12. The Balaban J connectivity index is 2.46. The average molecular weight is 282 g/mol. The van der Waals surface area contributed by atoms with Gasteiger partial charge in [-0.2, -0.15) is 0 Å². The number of nitrogens with two attached hydrogens (primary N) is 1. The van der Waals surface area contributed by atoms with Crippen LogP contribution in [0.15, 0.2) is 21.6 Å². The van der Waals surface area contributed by atoms with Crippen LogP contribution in [-0.2, 0) is 26.4 Å². The number of primary sulfonamides is 1. The molecule has 1 aromatic heterocycles. The molecule has 17 heavy (non-hydrogen) atoms. The highest BCUT2D eigenvalue weighted by molar-refractivity contribution is 7.90. The fourth-order valence-corrected chi connectivity index (χ4v) is 2.07. The maximum atomic E-state index is 10.9. The van der Waals surface area contributed by atoms with E-state index in [1.807, 2.05) is 0 Å². The third kappa shape index (κ3) is 5.31. The highest BCUT2D eigenvalue weighted by Crippen LogP contribution is 2.11. The Morgan fingerprint density at radius 2 is 1.94 bits per heavy atom. The molecule has 0 spiro atoms. The summed E-state index contributed by atoms with van der Waals surface area (Å²) in [5.41, 5.74) is 0. The van der Waals surface area contributed by atoms with Crippen molar-refractivity contribution in [2.75, 3.05) is 18.6 Å². The minimum absolute atomic E-state index is 0.00968. The Morgan fingerprint density at radius 1 is 1.29 bits per heavy atom. The summed E-state index contributed by atoms with van der Waals surface area (Å²) in [4.78, 5) is 0. The molecule has 0 saturated carbocycles. The number of rotatable bonds is 6. The minimum Gasteiger partial charge on any atom is -0.447 e.